The first-order chi connectivity index (χ1) is 16.5. The van der Waals surface area contributed by atoms with Crippen molar-refractivity contribution in [2.24, 2.45) is 0 Å². The van der Waals surface area contributed by atoms with Crippen LogP contribution < -0.4 is 15.4 Å². The number of benzene rings is 2. The zero-order chi connectivity index (χ0) is 24.1. The summed E-state index contributed by atoms with van der Waals surface area (Å²) in [7, 11) is 1.58. The molecule has 9 nitrogen and oxygen atoms in total. The molecule has 176 valence electrons. The van der Waals surface area contributed by atoms with Crippen LogP contribution in [0.1, 0.15) is 36.1 Å². The SMILES string of the molecule is CCn1c(SCC(=O)Nc2nc3ccccc3s2)nnc1[C@@H](C)NC(=O)c1ccc(OC)cc1. The van der Waals surface area contributed by atoms with E-state index in [1.807, 2.05) is 42.7 Å². The molecule has 0 aliphatic heterocycles. The molecule has 0 radical (unpaired) electrons. The lowest BCUT2D eigenvalue weighted by molar-refractivity contribution is -0.113. The summed E-state index contributed by atoms with van der Waals surface area (Å²) in [5.74, 6) is 1.09. The van der Waals surface area contributed by atoms with E-state index in [1.54, 1.807) is 31.4 Å². The lowest BCUT2D eigenvalue weighted by Gasteiger charge is -2.15. The topological polar surface area (TPSA) is 111 Å². The van der Waals surface area contributed by atoms with Gasteiger partial charge in [-0.2, -0.15) is 0 Å². The number of amides is 2. The summed E-state index contributed by atoms with van der Waals surface area (Å²) in [4.78, 5) is 29.5. The van der Waals surface area contributed by atoms with Gasteiger partial charge in [0.1, 0.15) is 5.75 Å². The third-order valence-corrected chi connectivity index (χ3v) is 6.94. The van der Waals surface area contributed by atoms with Crippen molar-refractivity contribution in [3.05, 3.63) is 59.9 Å². The molecule has 11 heteroatoms. The Morgan fingerprint density at radius 2 is 1.91 bits per heavy atom. The highest BCUT2D eigenvalue weighted by molar-refractivity contribution is 7.99. The number of rotatable bonds is 9. The van der Waals surface area contributed by atoms with Crippen LogP contribution in [0.4, 0.5) is 5.13 Å². The minimum absolute atomic E-state index is 0.167. The van der Waals surface area contributed by atoms with Crippen molar-refractivity contribution in [3.8, 4) is 5.75 Å². The summed E-state index contributed by atoms with van der Waals surface area (Å²) < 4.78 is 8.05. The van der Waals surface area contributed by atoms with Gasteiger partial charge in [-0.1, -0.05) is 35.2 Å². The Bertz CT molecular complexity index is 1270. The van der Waals surface area contributed by atoms with Crippen LogP contribution in [0, 0.1) is 0 Å². The fourth-order valence-electron chi connectivity index (χ4n) is 3.32. The molecule has 2 aromatic heterocycles. The molecule has 0 bridgehead atoms. The summed E-state index contributed by atoms with van der Waals surface area (Å²) in [5, 5.41) is 15.5. The van der Waals surface area contributed by atoms with Gasteiger partial charge in [0.05, 0.1) is 29.1 Å². The molecule has 2 N–H and O–H groups in total. The van der Waals surface area contributed by atoms with E-state index < -0.39 is 0 Å². The number of nitrogens with zero attached hydrogens (tertiary/aromatic N) is 4. The molecule has 4 aromatic rings. The molecular weight excluding hydrogens is 472 g/mol. The van der Waals surface area contributed by atoms with Crippen LogP contribution in [0.5, 0.6) is 5.75 Å². The van der Waals surface area contributed by atoms with E-state index in [-0.39, 0.29) is 23.6 Å². The van der Waals surface area contributed by atoms with Crippen LogP contribution in [0.3, 0.4) is 0 Å². The van der Waals surface area contributed by atoms with Crippen molar-refractivity contribution in [1.29, 1.82) is 0 Å². The lowest BCUT2D eigenvalue weighted by atomic mass is 10.2. The summed E-state index contributed by atoms with van der Waals surface area (Å²) >= 11 is 2.73. The van der Waals surface area contributed by atoms with Crippen LogP contribution in [-0.2, 0) is 11.3 Å². The van der Waals surface area contributed by atoms with Gasteiger partial charge < -0.3 is 19.9 Å². The first-order valence-corrected chi connectivity index (χ1v) is 12.4. The van der Waals surface area contributed by atoms with Gasteiger partial charge in [-0.05, 0) is 50.2 Å². The van der Waals surface area contributed by atoms with Crippen molar-refractivity contribution in [3.63, 3.8) is 0 Å². The molecule has 2 amide bonds. The monoisotopic (exact) mass is 496 g/mol. The van der Waals surface area contributed by atoms with Gasteiger partial charge in [0.15, 0.2) is 16.1 Å². The predicted octanol–water partition coefficient (Wildman–Crippen LogP) is 4.14. The van der Waals surface area contributed by atoms with Gasteiger partial charge in [0, 0.05) is 12.1 Å². The molecule has 1 atom stereocenters. The maximum atomic E-state index is 12.6. The Morgan fingerprint density at radius 3 is 2.62 bits per heavy atom. The summed E-state index contributed by atoms with van der Waals surface area (Å²) in [6.45, 7) is 4.43. The number of carbonyl (C=O) groups is 2. The minimum Gasteiger partial charge on any atom is -0.497 e. The predicted molar refractivity (Wildman–Crippen MR) is 134 cm³/mol. The molecule has 2 heterocycles. The van der Waals surface area contributed by atoms with Crippen LogP contribution >= 0.6 is 23.1 Å². The number of hydrogen-bond donors (Lipinski definition) is 2. The number of carbonyl (C=O) groups excluding carboxylic acids is 2. The largest absolute Gasteiger partial charge is 0.497 e. The van der Waals surface area contributed by atoms with Crippen molar-refractivity contribution < 1.29 is 14.3 Å². The van der Waals surface area contributed by atoms with Gasteiger partial charge in [-0.15, -0.1) is 10.2 Å². The van der Waals surface area contributed by atoms with E-state index in [9.17, 15) is 9.59 Å². The number of aromatic nitrogens is 4. The maximum absolute atomic E-state index is 12.6. The fraction of sp³-hybridized carbons (Fsp3) is 0.261. The Labute approximate surface area is 204 Å². The quantitative estimate of drug-likeness (QED) is 0.335. The fourth-order valence-corrected chi connectivity index (χ4v) is 5.01. The summed E-state index contributed by atoms with van der Waals surface area (Å²) in [6, 6.07) is 14.3. The highest BCUT2D eigenvalue weighted by Gasteiger charge is 2.20. The average Bonchev–Trinajstić information content (AvgIpc) is 3.45. The van der Waals surface area contributed by atoms with E-state index in [0.717, 1.165) is 10.2 Å². The van der Waals surface area contributed by atoms with Gasteiger partial charge in [-0.3, -0.25) is 9.59 Å². The number of methoxy groups -OCH3 is 1. The normalized spacial score (nSPS) is 11.9. The second kappa shape index (κ2) is 10.7. The zero-order valence-electron chi connectivity index (χ0n) is 18.9. The van der Waals surface area contributed by atoms with Crippen molar-refractivity contribution >= 4 is 50.3 Å². The standard InChI is InChI=1S/C23H24N6O3S2/c1-4-29-20(14(2)24-21(31)15-9-11-16(32-3)12-10-15)27-28-23(29)33-13-19(30)26-22-25-17-7-5-6-8-18(17)34-22/h5-12,14H,4,13H2,1-3H3,(H,24,31)(H,25,26,30)/t14-/m1/s1. The van der Waals surface area contributed by atoms with Crippen molar-refractivity contribution in [2.45, 2.75) is 31.6 Å². The van der Waals surface area contributed by atoms with E-state index in [2.05, 4.69) is 25.8 Å². The van der Waals surface area contributed by atoms with Gasteiger partial charge in [-0.25, -0.2) is 4.98 Å². The first-order valence-electron chi connectivity index (χ1n) is 10.6. The number of anilines is 1. The van der Waals surface area contributed by atoms with Crippen molar-refractivity contribution in [1.82, 2.24) is 25.1 Å². The van der Waals surface area contributed by atoms with Crippen LogP contribution in [0.2, 0.25) is 0 Å². The lowest BCUT2D eigenvalue weighted by Crippen LogP contribution is -2.28. The highest BCUT2D eigenvalue weighted by Crippen LogP contribution is 2.26. The van der Waals surface area contributed by atoms with E-state index in [1.165, 1.54) is 23.1 Å². The second-order valence-electron chi connectivity index (χ2n) is 7.33. The number of hydrogen-bond acceptors (Lipinski definition) is 8. The smallest absolute Gasteiger partial charge is 0.251 e. The number of ether oxygens (including phenoxy) is 1. The molecule has 0 aliphatic rings. The van der Waals surface area contributed by atoms with Gasteiger partial charge >= 0.3 is 0 Å². The van der Waals surface area contributed by atoms with E-state index in [4.69, 9.17) is 4.74 Å². The van der Waals surface area contributed by atoms with E-state index in [0.29, 0.717) is 34.0 Å². The molecule has 0 unspecified atom stereocenters. The average molecular weight is 497 g/mol. The van der Waals surface area contributed by atoms with E-state index >= 15 is 0 Å². The number of thioether (sulfide) groups is 1. The highest BCUT2D eigenvalue weighted by atomic mass is 32.2. The van der Waals surface area contributed by atoms with Crippen molar-refractivity contribution in [2.75, 3.05) is 18.2 Å². The first kappa shape index (κ1) is 23.7. The van der Waals surface area contributed by atoms with Crippen LogP contribution in [0.25, 0.3) is 10.2 Å². The number of para-hydroxylation sites is 1. The Morgan fingerprint density at radius 1 is 1.15 bits per heavy atom. The number of thiazole rings is 1. The number of nitrogens with one attached hydrogen (secondary N) is 2. The van der Waals surface area contributed by atoms with Crippen LogP contribution in [0.15, 0.2) is 53.7 Å². The molecule has 0 fully saturated rings. The third kappa shape index (κ3) is 5.37. The zero-order valence-corrected chi connectivity index (χ0v) is 20.6. The molecule has 2 aromatic carbocycles. The molecule has 0 saturated carbocycles. The molecular formula is C23H24N6O3S2. The molecule has 0 aliphatic carbocycles. The molecule has 34 heavy (non-hydrogen) atoms. The Hall–Kier alpha value is -3.44. The summed E-state index contributed by atoms with van der Waals surface area (Å²) in [5.41, 5.74) is 1.38. The summed E-state index contributed by atoms with van der Waals surface area (Å²) in [6.07, 6.45) is 0. The Balaban J connectivity index is 1.37. The number of fused-ring (bicyclic) bond motifs is 1. The molecule has 0 spiro atoms. The minimum atomic E-state index is -0.368. The van der Waals surface area contributed by atoms with Gasteiger partial charge in [0.25, 0.3) is 5.91 Å². The van der Waals surface area contributed by atoms with Crippen LogP contribution in [-0.4, -0.2) is 44.4 Å². The second-order valence-corrected chi connectivity index (χ2v) is 9.31. The molecule has 4 rings (SSSR count). The molecule has 0 saturated heterocycles. The van der Waals surface area contributed by atoms with Gasteiger partial charge in [0.2, 0.25) is 5.91 Å². The third-order valence-electron chi connectivity index (χ3n) is 5.02. The Kier molecular flexibility index (Phi) is 7.43. The maximum Gasteiger partial charge on any atom is 0.251 e.